The molecule has 3 aromatic heterocycles. The minimum Gasteiger partial charge on any atom is -0.446 e. The number of oxazole rings is 1. The van der Waals surface area contributed by atoms with Crippen molar-refractivity contribution >= 4 is 0 Å². The maximum absolute atomic E-state index is 13.7. The molecule has 4 aromatic rings. The van der Waals surface area contributed by atoms with E-state index in [1.165, 1.54) is 18.3 Å². The van der Waals surface area contributed by atoms with Crippen LogP contribution in [0.3, 0.4) is 0 Å². The van der Waals surface area contributed by atoms with Crippen molar-refractivity contribution in [2.75, 3.05) is 0 Å². The Morgan fingerprint density at radius 2 is 1.86 bits per heavy atom. The summed E-state index contributed by atoms with van der Waals surface area (Å²) in [5.41, 5.74) is -1.45. The standard InChI is InChI=1S/C17H11F4N5O2/c1-9-22-7-12(27-9)6-14-24-16(28-25-14)13-8-23-26(15(13)17(19,20)21)11-4-2-10(18)3-5-11/h2-5,7-8H,6H2,1H3. The Bertz CT molecular complexity index is 1110. The minimum absolute atomic E-state index is 0.0387. The van der Waals surface area contributed by atoms with E-state index < -0.39 is 17.7 Å². The first-order chi connectivity index (χ1) is 13.3. The van der Waals surface area contributed by atoms with Crippen LogP contribution in [0.2, 0.25) is 0 Å². The fraction of sp³-hybridized carbons (Fsp3) is 0.176. The second-order valence-corrected chi connectivity index (χ2v) is 5.83. The molecule has 0 saturated carbocycles. The molecule has 0 bridgehead atoms. The third kappa shape index (κ3) is 3.38. The third-order valence-corrected chi connectivity index (χ3v) is 3.81. The van der Waals surface area contributed by atoms with E-state index >= 15 is 0 Å². The summed E-state index contributed by atoms with van der Waals surface area (Å²) in [6.45, 7) is 1.66. The lowest BCUT2D eigenvalue weighted by molar-refractivity contribution is -0.142. The Kier molecular flexibility index (Phi) is 4.21. The lowest BCUT2D eigenvalue weighted by Crippen LogP contribution is -2.14. The highest BCUT2D eigenvalue weighted by Crippen LogP contribution is 2.37. The summed E-state index contributed by atoms with van der Waals surface area (Å²) >= 11 is 0. The number of aromatic nitrogens is 5. The summed E-state index contributed by atoms with van der Waals surface area (Å²) in [6, 6.07) is 4.46. The molecule has 0 aliphatic carbocycles. The number of nitrogens with zero attached hydrogens (tertiary/aromatic N) is 5. The van der Waals surface area contributed by atoms with Crippen LogP contribution >= 0.6 is 0 Å². The van der Waals surface area contributed by atoms with Crippen molar-refractivity contribution in [3.63, 3.8) is 0 Å². The molecule has 0 amide bonds. The van der Waals surface area contributed by atoms with Gasteiger partial charge in [0, 0.05) is 6.92 Å². The van der Waals surface area contributed by atoms with Crippen molar-refractivity contribution in [3.8, 4) is 17.1 Å². The summed E-state index contributed by atoms with van der Waals surface area (Å²) in [6.07, 6.45) is -2.21. The van der Waals surface area contributed by atoms with E-state index in [1.807, 2.05) is 0 Å². The van der Waals surface area contributed by atoms with Crippen LogP contribution < -0.4 is 0 Å². The Labute approximate surface area is 154 Å². The summed E-state index contributed by atoms with van der Waals surface area (Å²) in [4.78, 5) is 7.93. The van der Waals surface area contributed by atoms with Gasteiger partial charge in [-0.3, -0.25) is 0 Å². The van der Waals surface area contributed by atoms with Crippen molar-refractivity contribution in [2.24, 2.45) is 0 Å². The fourth-order valence-electron chi connectivity index (χ4n) is 2.63. The van der Waals surface area contributed by atoms with Gasteiger partial charge >= 0.3 is 6.18 Å². The molecule has 11 heteroatoms. The van der Waals surface area contributed by atoms with Gasteiger partial charge in [-0.15, -0.1) is 0 Å². The second-order valence-electron chi connectivity index (χ2n) is 5.83. The molecule has 28 heavy (non-hydrogen) atoms. The summed E-state index contributed by atoms with van der Waals surface area (Å²) in [7, 11) is 0. The Morgan fingerprint density at radius 3 is 2.50 bits per heavy atom. The Hall–Kier alpha value is -3.50. The van der Waals surface area contributed by atoms with E-state index in [4.69, 9.17) is 8.94 Å². The van der Waals surface area contributed by atoms with Gasteiger partial charge in [-0.05, 0) is 24.3 Å². The van der Waals surface area contributed by atoms with Crippen LogP contribution in [-0.2, 0) is 12.6 Å². The van der Waals surface area contributed by atoms with Gasteiger partial charge in [0.1, 0.15) is 11.6 Å². The molecule has 144 valence electrons. The van der Waals surface area contributed by atoms with Crippen molar-refractivity contribution in [1.82, 2.24) is 24.9 Å². The van der Waals surface area contributed by atoms with Gasteiger partial charge in [-0.1, -0.05) is 5.16 Å². The zero-order valence-electron chi connectivity index (χ0n) is 14.2. The van der Waals surface area contributed by atoms with Crippen molar-refractivity contribution in [3.05, 3.63) is 65.6 Å². The van der Waals surface area contributed by atoms with Crippen LogP contribution in [0.1, 0.15) is 23.2 Å². The average Bonchev–Trinajstić information content (AvgIpc) is 3.34. The first-order valence-corrected chi connectivity index (χ1v) is 7.96. The van der Waals surface area contributed by atoms with E-state index in [0.717, 1.165) is 18.3 Å². The molecule has 0 aliphatic heterocycles. The van der Waals surface area contributed by atoms with Crippen molar-refractivity contribution in [2.45, 2.75) is 19.5 Å². The van der Waals surface area contributed by atoms with Gasteiger partial charge in [-0.25, -0.2) is 14.1 Å². The molecule has 0 aliphatic rings. The number of halogens is 4. The van der Waals surface area contributed by atoms with E-state index in [1.54, 1.807) is 6.92 Å². The van der Waals surface area contributed by atoms with Crippen LogP contribution in [0.5, 0.6) is 0 Å². The molecule has 0 fully saturated rings. The molecule has 0 radical (unpaired) electrons. The topological polar surface area (TPSA) is 82.8 Å². The summed E-state index contributed by atoms with van der Waals surface area (Å²) in [5, 5.41) is 7.46. The zero-order valence-corrected chi connectivity index (χ0v) is 14.2. The van der Waals surface area contributed by atoms with Gasteiger partial charge < -0.3 is 8.94 Å². The van der Waals surface area contributed by atoms with Gasteiger partial charge in [0.05, 0.1) is 30.1 Å². The predicted molar refractivity (Wildman–Crippen MR) is 85.9 cm³/mol. The molecule has 1 aromatic carbocycles. The quantitative estimate of drug-likeness (QED) is 0.488. The number of rotatable bonds is 4. The first kappa shape index (κ1) is 17.9. The number of alkyl halides is 3. The van der Waals surface area contributed by atoms with Crippen LogP contribution in [0.25, 0.3) is 17.1 Å². The minimum atomic E-state index is -4.77. The molecule has 7 nitrogen and oxygen atoms in total. The number of hydrogen-bond acceptors (Lipinski definition) is 6. The van der Waals surface area contributed by atoms with E-state index in [2.05, 4.69) is 20.2 Å². The maximum Gasteiger partial charge on any atom is 0.434 e. The molecular weight excluding hydrogens is 382 g/mol. The second kappa shape index (κ2) is 6.59. The smallest absolute Gasteiger partial charge is 0.434 e. The lowest BCUT2D eigenvalue weighted by atomic mass is 10.2. The van der Waals surface area contributed by atoms with E-state index in [-0.39, 0.29) is 29.4 Å². The lowest BCUT2D eigenvalue weighted by Gasteiger charge is -2.11. The highest BCUT2D eigenvalue weighted by atomic mass is 19.4. The summed E-state index contributed by atoms with van der Waals surface area (Å²) in [5.74, 6) is 0.108. The van der Waals surface area contributed by atoms with Gasteiger partial charge in [0.25, 0.3) is 5.89 Å². The Balaban J connectivity index is 1.73. The van der Waals surface area contributed by atoms with Crippen LogP contribution in [0.4, 0.5) is 17.6 Å². The Morgan fingerprint density at radius 1 is 1.11 bits per heavy atom. The molecule has 4 rings (SSSR count). The monoisotopic (exact) mass is 393 g/mol. The van der Waals surface area contributed by atoms with E-state index in [0.29, 0.717) is 16.3 Å². The van der Waals surface area contributed by atoms with Crippen LogP contribution in [0.15, 0.2) is 45.6 Å². The zero-order chi connectivity index (χ0) is 19.9. The largest absolute Gasteiger partial charge is 0.446 e. The summed E-state index contributed by atoms with van der Waals surface area (Å²) < 4.78 is 65.1. The molecule has 0 saturated heterocycles. The number of hydrogen-bond donors (Lipinski definition) is 0. The molecule has 0 unspecified atom stereocenters. The number of aryl methyl sites for hydroxylation is 1. The predicted octanol–water partition coefficient (Wildman–Crippen LogP) is 3.97. The highest BCUT2D eigenvalue weighted by Gasteiger charge is 2.40. The van der Waals surface area contributed by atoms with Crippen LogP contribution in [0, 0.1) is 12.7 Å². The van der Waals surface area contributed by atoms with Gasteiger partial charge in [0.2, 0.25) is 0 Å². The van der Waals surface area contributed by atoms with Gasteiger partial charge in [0.15, 0.2) is 17.4 Å². The molecule has 0 spiro atoms. The highest BCUT2D eigenvalue weighted by molar-refractivity contribution is 5.58. The first-order valence-electron chi connectivity index (χ1n) is 7.96. The average molecular weight is 393 g/mol. The van der Waals surface area contributed by atoms with E-state index in [9.17, 15) is 17.6 Å². The normalized spacial score (nSPS) is 11.9. The maximum atomic E-state index is 13.7. The van der Waals surface area contributed by atoms with Gasteiger partial charge in [-0.2, -0.15) is 23.3 Å². The molecule has 0 atom stereocenters. The fourth-order valence-corrected chi connectivity index (χ4v) is 2.63. The third-order valence-electron chi connectivity index (χ3n) is 3.81. The van der Waals surface area contributed by atoms with Crippen molar-refractivity contribution in [1.29, 1.82) is 0 Å². The van der Waals surface area contributed by atoms with Crippen LogP contribution in [-0.4, -0.2) is 24.9 Å². The SMILES string of the molecule is Cc1ncc(Cc2noc(-c3cnn(-c4ccc(F)cc4)c3C(F)(F)F)n2)o1. The molecule has 3 heterocycles. The molecular formula is C17H11F4N5O2. The van der Waals surface area contributed by atoms with Crippen molar-refractivity contribution < 1.29 is 26.5 Å². The number of benzene rings is 1. The molecule has 0 N–H and O–H groups in total.